The molecule has 0 spiro atoms. The lowest BCUT2D eigenvalue weighted by atomic mass is 10.0. The van der Waals surface area contributed by atoms with Crippen LogP contribution >= 0.6 is 0 Å². The van der Waals surface area contributed by atoms with Gasteiger partial charge in [0.15, 0.2) is 0 Å². The number of hydrogen-bond acceptors (Lipinski definition) is 4. The van der Waals surface area contributed by atoms with Crippen LogP contribution in [-0.2, 0) is 4.79 Å². The molecule has 0 aromatic heterocycles. The molecule has 0 saturated heterocycles. The third-order valence-corrected chi connectivity index (χ3v) is 2.27. The highest BCUT2D eigenvalue weighted by Gasteiger charge is 2.24. The highest BCUT2D eigenvalue weighted by molar-refractivity contribution is 5.67. The number of aliphatic carboxylic acids is 1. The number of carboxylic acid groups (broad SMARTS) is 1. The lowest BCUT2D eigenvalue weighted by Gasteiger charge is -2.17. The molecule has 1 aromatic carbocycles. The maximum absolute atomic E-state index is 13.4. The zero-order valence-corrected chi connectivity index (χ0v) is 9.13. The van der Waals surface area contributed by atoms with Crippen molar-refractivity contribution in [2.75, 3.05) is 7.11 Å². The number of halogens is 1. The molecule has 3 N–H and O–H groups in total. The minimum absolute atomic E-state index is 0.196. The Morgan fingerprint density at radius 1 is 1.47 bits per heavy atom. The molecule has 0 radical (unpaired) electrons. The molecule has 6 heteroatoms. The second kappa shape index (κ2) is 5.60. The van der Waals surface area contributed by atoms with Gasteiger partial charge in [0.2, 0.25) is 0 Å². The lowest BCUT2D eigenvalue weighted by Crippen LogP contribution is -2.22. The first kappa shape index (κ1) is 13.4. The molecule has 0 heterocycles. The van der Waals surface area contributed by atoms with Crippen LogP contribution in [0.4, 0.5) is 4.39 Å². The fourth-order valence-corrected chi connectivity index (χ4v) is 1.37. The highest BCUT2D eigenvalue weighted by Crippen LogP contribution is 2.25. The maximum atomic E-state index is 13.4. The van der Waals surface area contributed by atoms with Gasteiger partial charge in [0.1, 0.15) is 17.7 Å². The Morgan fingerprint density at radius 2 is 2.12 bits per heavy atom. The van der Waals surface area contributed by atoms with Crippen LogP contribution in [0.25, 0.3) is 0 Å². The Kier molecular flexibility index (Phi) is 4.42. The van der Waals surface area contributed by atoms with Gasteiger partial charge in [0.05, 0.1) is 19.6 Å². The minimum Gasteiger partial charge on any atom is -0.497 e. The maximum Gasteiger partial charge on any atom is 0.306 e. The normalized spacial score (nSPS) is 14.1. The number of hydrogen-bond donors (Lipinski definition) is 3. The number of benzene rings is 1. The average Bonchev–Trinajstić information content (AvgIpc) is 2.28. The molecule has 0 aliphatic heterocycles. The van der Waals surface area contributed by atoms with Crippen LogP contribution < -0.4 is 4.74 Å². The third-order valence-electron chi connectivity index (χ3n) is 2.27. The van der Waals surface area contributed by atoms with Gasteiger partial charge in [-0.3, -0.25) is 4.79 Å². The molecule has 0 saturated carbocycles. The van der Waals surface area contributed by atoms with Crippen molar-refractivity contribution in [3.8, 4) is 5.75 Å². The van der Waals surface area contributed by atoms with Gasteiger partial charge in [-0.25, -0.2) is 4.39 Å². The number of aliphatic hydroxyl groups excluding tert-OH is 2. The Hall–Kier alpha value is -1.66. The van der Waals surface area contributed by atoms with E-state index in [2.05, 4.69) is 0 Å². The van der Waals surface area contributed by atoms with E-state index in [0.29, 0.717) is 5.75 Å². The van der Waals surface area contributed by atoms with Crippen molar-refractivity contribution < 1.29 is 29.2 Å². The second-order valence-electron chi connectivity index (χ2n) is 3.50. The summed E-state index contributed by atoms with van der Waals surface area (Å²) in [5, 5.41) is 27.5. The van der Waals surface area contributed by atoms with E-state index < -0.39 is 30.4 Å². The van der Waals surface area contributed by atoms with Gasteiger partial charge in [-0.05, 0) is 18.2 Å². The van der Waals surface area contributed by atoms with Crippen LogP contribution in [0.2, 0.25) is 0 Å². The first-order chi connectivity index (χ1) is 7.95. The molecule has 94 valence electrons. The SMILES string of the molecule is COc1ccc(F)c(C(O)C(O)CC(=O)O)c1. The lowest BCUT2D eigenvalue weighted by molar-refractivity contribution is -0.141. The average molecular weight is 244 g/mol. The number of carboxylic acids is 1. The molecule has 0 bridgehead atoms. The van der Waals surface area contributed by atoms with Gasteiger partial charge in [0.25, 0.3) is 0 Å². The number of rotatable bonds is 5. The van der Waals surface area contributed by atoms with E-state index in [1.807, 2.05) is 0 Å². The molecule has 0 fully saturated rings. The summed E-state index contributed by atoms with van der Waals surface area (Å²) in [6.07, 6.45) is -3.85. The number of aliphatic hydroxyl groups is 2. The molecule has 5 nitrogen and oxygen atoms in total. The molecule has 17 heavy (non-hydrogen) atoms. The summed E-state index contributed by atoms with van der Waals surface area (Å²) in [5.74, 6) is -1.70. The van der Waals surface area contributed by atoms with E-state index >= 15 is 0 Å². The summed E-state index contributed by atoms with van der Waals surface area (Å²) >= 11 is 0. The standard InChI is InChI=1S/C11H13FO5/c1-17-6-2-3-8(12)7(4-6)11(16)9(13)5-10(14)15/h2-4,9,11,13,16H,5H2,1H3,(H,14,15). The van der Waals surface area contributed by atoms with Crippen molar-refractivity contribution in [1.29, 1.82) is 0 Å². The smallest absolute Gasteiger partial charge is 0.306 e. The second-order valence-corrected chi connectivity index (χ2v) is 3.50. The van der Waals surface area contributed by atoms with E-state index in [1.165, 1.54) is 19.2 Å². The monoisotopic (exact) mass is 244 g/mol. The molecule has 0 aliphatic rings. The van der Waals surface area contributed by atoms with E-state index in [0.717, 1.165) is 6.07 Å². The van der Waals surface area contributed by atoms with Crippen molar-refractivity contribution >= 4 is 5.97 Å². The molecule has 0 amide bonds. The predicted molar refractivity (Wildman–Crippen MR) is 56.2 cm³/mol. The zero-order chi connectivity index (χ0) is 13.0. The van der Waals surface area contributed by atoms with Gasteiger partial charge in [0, 0.05) is 5.56 Å². The van der Waals surface area contributed by atoms with Gasteiger partial charge in [-0.15, -0.1) is 0 Å². The fourth-order valence-electron chi connectivity index (χ4n) is 1.37. The van der Waals surface area contributed by atoms with Crippen LogP contribution in [0, 0.1) is 5.82 Å². The highest BCUT2D eigenvalue weighted by atomic mass is 19.1. The third kappa shape index (κ3) is 3.40. The molecule has 2 unspecified atom stereocenters. The Labute approximate surface area is 97.1 Å². The van der Waals surface area contributed by atoms with E-state index in [9.17, 15) is 19.4 Å². The predicted octanol–water partition coefficient (Wildman–Crippen LogP) is 0.703. The van der Waals surface area contributed by atoms with Crippen LogP contribution in [0.15, 0.2) is 18.2 Å². The van der Waals surface area contributed by atoms with Crippen LogP contribution in [0.3, 0.4) is 0 Å². The fraction of sp³-hybridized carbons (Fsp3) is 0.364. The molecule has 1 rings (SSSR count). The largest absolute Gasteiger partial charge is 0.497 e. The van der Waals surface area contributed by atoms with Crippen molar-refractivity contribution in [2.45, 2.75) is 18.6 Å². The molecule has 2 atom stereocenters. The Morgan fingerprint density at radius 3 is 2.65 bits per heavy atom. The zero-order valence-electron chi connectivity index (χ0n) is 9.13. The van der Waals surface area contributed by atoms with Crippen LogP contribution in [0.1, 0.15) is 18.1 Å². The molecular weight excluding hydrogens is 231 g/mol. The van der Waals surface area contributed by atoms with Gasteiger partial charge in [-0.2, -0.15) is 0 Å². The first-order valence-corrected chi connectivity index (χ1v) is 4.87. The number of carbonyl (C=O) groups is 1. The molecule has 1 aromatic rings. The van der Waals surface area contributed by atoms with Crippen molar-refractivity contribution in [3.63, 3.8) is 0 Å². The summed E-state index contributed by atoms with van der Waals surface area (Å²) in [4.78, 5) is 10.4. The summed E-state index contributed by atoms with van der Waals surface area (Å²) in [7, 11) is 1.37. The topological polar surface area (TPSA) is 87.0 Å². The number of methoxy groups -OCH3 is 1. The van der Waals surface area contributed by atoms with Crippen LogP contribution in [0.5, 0.6) is 5.75 Å². The van der Waals surface area contributed by atoms with E-state index in [1.54, 1.807) is 0 Å². The van der Waals surface area contributed by atoms with Gasteiger partial charge < -0.3 is 20.1 Å². The minimum atomic E-state index is -1.61. The van der Waals surface area contributed by atoms with Crippen molar-refractivity contribution in [2.24, 2.45) is 0 Å². The van der Waals surface area contributed by atoms with Crippen molar-refractivity contribution in [3.05, 3.63) is 29.6 Å². The summed E-state index contributed by atoms with van der Waals surface area (Å²) in [5.41, 5.74) is -0.196. The first-order valence-electron chi connectivity index (χ1n) is 4.87. The summed E-state index contributed by atoms with van der Waals surface area (Å²) in [6, 6.07) is 3.64. The van der Waals surface area contributed by atoms with E-state index in [4.69, 9.17) is 9.84 Å². The van der Waals surface area contributed by atoms with E-state index in [-0.39, 0.29) is 5.56 Å². The summed E-state index contributed by atoms with van der Waals surface area (Å²) < 4.78 is 18.2. The number of ether oxygens (including phenoxy) is 1. The Balaban J connectivity index is 2.94. The van der Waals surface area contributed by atoms with Gasteiger partial charge in [-0.1, -0.05) is 0 Å². The van der Waals surface area contributed by atoms with Crippen molar-refractivity contribution in [1.82, 2.24) is 0 Å². The summed E-state index contributed by atoms with van der Waals surface area (Å²) in [6.45, 7) is 0. The quantitative estimate of drug-likeness (QED) is 0.709. The van der Waals surface area contributed by atoms with Crippen LogP contribution in [-0.4, -0.2) is 34.5 Å². The van der Waals surface area contributed by atoms with Gasteiger partial charge >= 0.3 is 5.97 Å². The Bertz CT molecular complexity index is 407. The molecule has 0 aliphatic carbocycles. The molecular formula is C11H13FO5.